The summed E-state index contributed by atoms with van der Waals surface area (Å²) < 4.78 is 4.88. The fourth-order valence-corrected chi connectivity index (χ4v) is 1.15. The van der Waals surface area contributed by atoms with Gasteiger partial charge >= 0.3 is 0 Å². The van der Waals surface area contributed by atoms with E-state index in [-0.39, 0.29) is 11.4 Å². The normalized spacial score (nSPS) is 10.0. The lowest BCUT2D eigenvalue weighted by atomic mass is 10.1. The Bertz CT molecular complexity index is 462. The number of carbonyl (C=O) groups excluding carboxylic acids is 1. The molecule has 0 aliphatic heterocycles. The molecule has 0 unspecified atom stereocenters. The minimum Gasteiger partial charge on any atom is -0.507 e. The molecule has 2 aromatic rings. The van der Waals surface area contributed by atoms with Gasteiger partial charge in [-0.3, -0.25) is 4.79 Å². The topological polar surface area (TPSA) is 63.3 Å². The highest BCUT2D eigenvalue weighted by atomic mass is 16.5. The first kappa shape index (κ1) is 8.50. The van der Waals surface area contributed by atoms with Crippen molar-refractivity contribution >= 4 is 6.29 Å². The second-order valence-corrected chi connectivity index (χ2v) is 2.75. The Hall–Kier alpha value is -2.10. The molecule has 1 heterocycles. The number of benzene rings is 1. The Balaban J connectivity index is 2.49. The molecule has 0 spiro atoms. The average Bonchev–Trinajstić information content (AvgIpc) is 2.67. The number of para-hydroxylation sites is 1. The molecule has 70 valence electrons. The molecule has 0 bridgehead atoms. The first-order valence-electron chi connectivity index (χ1n) is 4.01. The van der Waals surface area contributed by atoms with Crippen LogP contribution in [0, 0.1) is 0 Å². The van der Waals surface area contributed by atoms with Crippen molar-refractivity contribution in [2.24, 2.45) is 0 Å². The summed E-state index contributed by atoms with van der Waals surface area (Å²) in [5.41, 5.74) is 0.733. The summed E-state index contributed by atoms with van der Waals surface area (Å²) in [5.74, 6) is 0.478. The van der Waals surface area contributed by atoms with Crippen LogP contribution in [0.4, 0.5) is 0 Å². The third kappa shape index (κ3) is 1.37. The molecular weight excluding hydrogens is 182 g/mol. The number of aldehydes is 1. The molecule has 0 radical (unpaired) electrons. The van der Waals surface area contributed by atoms with Gasteiger partial charge in [-0.1, -0.05) is 17.3 Å². The zero-order valence-electron chi connectivity index (χ0n) is 7.18. The quantitative estimate of drug-likeness (QED) is 0.732. The van der Waals surface area contributed by atoms with Gasteiger partial charge in [0.2, 0.25) is 0 Å². The van der Waals surface area contributed by atoms with Gasteiger partial charge in [-0.2, -0.15) is 0 Å². The van der Waals surface area contributed by atoms with E-state index in [2.05, 4.69) is 5.16 Å². The van der Waals surface area contributed by atoms with Crippen LogP contribution in [0.5, 0.6) is 5.75 Å². The molecule has 0 fully saturated rings. The molecule has 4 nitrogen and oxygen atoms in total. The highest BCUT2D eigenvalue weighted by Gasteiger charge is 2.09. The van der Waals surface area contributed by atoms with E-state index in [0.29, 0.717) is 17.6 Å². The summed E-state index contributed by atoms with van der Waals surface area (Å²) in [4.78, 5) is 10.4. The van der Waals surface area contributed by atoms with Crippen LogP contribution >= 0.6 is 0 Å². The number of hydrogen-bond donors (Lipinski definition) is 1. The van der Waals surface area contributed by atoms with E-state index in [4.69, 9.17) is 4.52 Å². The molecule has 0 saturated heterocycles. The molecule has 0 aliphatic rings. The second kappa shape index (κ2) is 3.33. The highest BCUT2D eigenvalue weighted by molar-refractivity contribution is 5.75. The number of carbonyl (C=O) groups is 1. The SMILES string of the molecule is O=Cc1cc(-c2ccccc2O)on1. The first-order chi connectivity index (χ1) is 6.81. The predicted molar refractivity (Wildman–Crippen MR) is 49.0 cm³/mol. The predicted octanol–water partition coefficient (Wildman–Crippen LogP) is 1.86. The summed E-state index contributed by atoms with van der Waals surface area (Å²) >= 11 is 0. The smallest absolute Gasteiger partial charge is 0.171 e. The fraction of sp³-hybridized carbons (Fsp3) is 0. The van der Waals surface area contributed by atoms with Crippen molar-refractivity contribution in [3.8, 4) is 17.1 Å². The number of rotatable bonds is 2. The van der Waals surface area contributed by atoms with Crippen molar-refractivity contribution < 1.29 is 14.4 Å². The van der Waals surface area contributed by atoms with Gasteiger partial charge < -0.3 is 9.63 Å². The van der Waals surface area contributed by atoms with Crippen molar-refractivity contribution in [3.63, 3.8) is 0 Å². The lowest BCUT2D eigenvalue weighted by Crippen LogP contribution is -1.75. The fourth-order valence-electron chi connectivity index (χ4n) is 1.15. The van der Waals surface area contributed by atoms with Gasteiger partial charge in [-0.15, -0.1) is 0 Å². The molecule has 0 atom stereocenters. The minimum atomic E-state index is 0.0982. The first-order valence-corrected chi connectivity index (χ1v) is 4.01. The van der Waals surface area contributed by atoms with Gasteiger partial charge in [0.15, 0.2) is 12.0 Å². The second-order valence-electron chi connectivity index (χ2n) is 2.75. The van der Waals surface area contributed by atoms with Crippen molar-refractivity contribution in [2.75, 3.05) is 0 Å². The third-order valence-corrected chi connectivity index (χ3v) is 1.82. The van der Waals surface area contributed by atoms with Crippen LogP contribution in [0.3, 0.4) is 0 Å². The molecule has 1 aromatic heterocycles. The van der Waals surface area contributed by atoms with Crippen molar-refractivity contribution in [1.29, 1.82) is 0 Å². The molecule has 4 heteroatoms. The maximum atomic E-state index is 10.4. The standard InChI is InChI=1S/C10H7NO3/c12-6-7-5-10(14-11-7)8-3-1-2-4-9(8)13/h1-6,13H. The van der Waals surface area contributed by atoms with E-state index in [1.54, 1.807) is 24.3 Å². The third-order valence-electron chi connectivity index (χ3n) is 1.82. The van der Waals surface area contributed by atoms with Crippen molar-refractivity contribution in [2.45, 2.75) is 0 Å². The Morgan fingerprint density at radius 1 is 1.36 bits per heavy atom. The molecule has 14 heavy (non-hydrogen) atoms. The molecule has 0 amide bonds. The van der Waals surface area contributed by atoms with Gasteiger partial charge in [0.25, 0.3) is 0 Å². The van der Waals surface area contributed by atoms with Crippen LogP contribution in [0.1, 0.15) is 10.5 Å². The Morgan fingerprint density at radius 3 is 2.79 bits per heavy atom. The van der Waals surface area contributed by atoms with Crippen molar-refractivity contribution in [3.05, 3.63) is 36.0 Å². The number of aromatic hydroxyl groups is 1. The largest absolute Gasteiger partial charge is 0.507 e. The van der Waals surface area contributed by atoms with Gasteiger partial charge in [-0.05, 0) is 12.1 Å². The van der Waals surface area contributed by atoms with Crippen LogP contribution in [-0.4, -0.2) is 16.5 Å². The van der Waals surface area contributed by atoms with E-state index in [9.17, 15) is 9.90 Å². The molecular formula is C10H7NO3. The molecule has 0 saturated carbocycles. The highest BCUT2D eigenvalue weighted by Crippen LogP contribution is 2.28. The number of phenolic OH excluding ortho intramolecular Hbond substituents is 1. The number of nitrogens with zero attached hydrogens (tertiary/aromatic N) is 1. The van der Waals surface area contributed by atoms with E-state index < -0.39 is 0 Å². The molecule has 2 rings (SSSR count). The van der Waals surface area contributed by atoms with E-state index >= 15 is 0 Å². The summed E-state index contributed by atoms with van der Waals surface area (Å²) in [6.07, 6.45) is 0.590. The van der Waals surface area contributed by atoms with Crippen LogP contribution in [0.25, 0.3) is 11.3 Å². The maximum Gasteiger partial charge on any atom is 0.171 e. The Morgan fingerprint density at radius 2 is 2.14 bits per heavy atom. The summed E-state index contributed by atoms with van der Waals surface area (Å²) in [5, 5.41) is 13.0. The van der Waals surface area contributed by atoms with E-state index in [1.807, 2.05) is 0 Å². The number of phenols is 1. The zero-order valence-corrected chi connectivity index (χ0v) is 7.18. The molecule has 1 aromatic carbocycles. The monoisotopic (exact) mass is 189 g/mol. The summed E-state index contributed by atoms with van der Waals surface area (Å²) in [6, 6.07) is 8.17. The van der Waals surface area contributed by atoms with Gasteiger partial charge in [0.1, 0.15) is 11.4 Å². The minimum absolute atomic E-state index is 0.0982. The summed E-state index contributed by atoms with van der Waals surface area (Å²) in [7, 11) is 0. The van der Waals surface area contributed by atoms with Gasteiger partial charge in [-0.25, -0.2) is 0 Å². The lowest BCUT2D eigenvalue weighted by molar-refractivity contribution is 0.111. The zero-order chi connectivity index (χ0) is 9.97. The van der Waals surface area contributed by atoms with E-state index in [0.717, 1.165) is 0 Å². The maximum absolute atomic E-state index is 10.4. The van der Waals surface area contributed by atoms with Crippen LogP contribution in [0.15, 0.2) is 34.9 Å². The molecule has 1 N–H and O–H groups in total. The number of hydrogen-bond acceptors (Lipinski definition) is 4. The van der Waals surface area contributed by atoms with Gasteiger partial charge in [0, 0.05) is 6.07 Å². The lowest BCUT2D eigenvalue weighted by Gasteiger charge is -1.97. The van der Waals surface area contributed by atoms with Gasteiger partial charge in [0.05, 0.1) is 5.56 Å². The molecule has 0 aliphatic carbocycles. The van der Waals surface area contributed by atoms with Crippen molar-refractivity contribution in [1.82, 2.24) is 5.16 Å². The van der Waals surface area contributed by atoms with Crippen LogP contribution < -0.4 is 0 Å². The van der Waals surface area contributed by atoms with E-state index in [1.165, 1.54) is 6.07 Å². The Kier molecular flexibility index (Phi) is 2.02. The van der Waals surface area contributed by atoms with Crippen LogP contribution in [0.2, 0.25) is 0 Å². The van der Waals surface area contributed by atoms with Crippen LogP contribution in [-0.2, 0) is 0 Å². The summed E-state index contributed by atoms with van der Waals surface area (Å²) in [6.45, 7) is 0. The average molecular weight is 189 g/mol. The number of aromatic nitrogens is 1. The Labute approximate surface area is 79.8 Å².